The number of hydrogen-bond acceptors (Lipinski definition) is 4. The molecule has 3 rings (SSSR count). The zero-order valence-corrected chi connectivity index (χ0v) is 15.6. The minimum Gasteiger partial charge on any atom is -0.355 e. The van der Waals surface area contributed by atoms with Gasteiger partial charge in [0.1, 0.15) is 0 Å². The third-order valence-electron chi connectivity index (χ3n) is 3.78. The molecule has 25 heavy (non-hydrogen) atoms. The molecule has 1 aromatic heterocycles. The molecule has 0 radical (unpaired) electrons. The predicted octanol–water partition coefficient (Wildman–Crippen LogP) is 3.74. The second kappa shape index (κ2) is 8.43. The topological polar surface area (TPSA) is 45.2 Å². The molecule has 1 N–H and O–H groups in total. The number of hydrogen-bond donors (Lipinski definition) is 1. The Morgan fingerprint density at radius 3 is 2.72 bits per heavy atom. The number of halogens is 1. The first-order valence-corrected chi connectivity index (χ1v) is 9.34. The fraction of sp³-hybridized carbons (Fsp3) is 0.263. The average Bonchev–Trinajstić information content (AvgIpc) is 2.99. The highest BCUT2D eigenvalue weighted by Gasteiger charge is 2.08. The molecule has 0 unspecified atom stereocenters. The number of carbonyl (C=O) groups excluding carboxylic acids is 1. The molecule has 0 saturated heterocycles. The molecule has 0 aliphatic heterocycles. The van der Waals surface area contributed by atoms with E-state index in [4.69, 9.17) is 11.6 Å². The maximum Gasteiger partial charge on any atom is 0.234 e. The lowest BCUT2D eigenvalue weighted by Gasteiger charge is -2.16. The van der Waals surface area contributed by atoms with Crippen molar-refractivity contribution in [1.82, 2.24) is 15.2 Å². The first-order chi connectivity index (χ1) is 12.1. The summed E-state index contributed by atoms with van der Waals surface area (Å²) in [5, 5.41) is 4.74. The normalized spacial score (nSPS) is 11.2. The molecule has 3 aromatic rings. The van der Waals surface area contributed by atoms with Crippen LogP contribution in [0.25, 0.3) is 10.2 Å². The standard InChI is InChI=1S/C19H20ClN3OS/c1-23(12-14-6-8-15(20)9-7-14)13-18(24)21-11-10-19-22-16-4-2-3-5-17(16)25-19/h2-9H,10-13H2,1H3,(H,21,24). The Bertz CT molecular complexity index is 814. The summed E-state index contributed by atoms with van der Waals surface area (Å²) in [6.07, 6.45) is 0.756. The summed E-state index contributed by atoms with van der Waals surface area (Å²) < 4.78 is 1.19. The van der Waals surface area contributed by atoms with Gasteiger partial charge in [0, 0.05) is 24.5 Å². The predicted molar refractivity (Wildman–Crippen MR) is 104 cm³/mol. The van der Waals surface area contributed by atoms with Gasteiger partial charge in [0.2, 0.25) is 5.91 Å². The first-order valence-electron chi connectivity index (χ1n) is 8.14. The fourth-order valence-electron chi connectivity index (χ4n) is 2.59. The Morgan fingerprint density at radius 2 is 1.96 bits per heavy atom. The van der Waals surface area contributed by atoms with Gasteiger partial charge in [-0.1, -0.05) is 35.9 Å². The van der Waals surface area contributed by atoms with E-state index in [1.807, 2.05) is 54.4 Å². The summed E-state index contributed by atoms with van der Waals surface area (Å²) >= 11 is 7.57. The molecule has 6 heteroatoms. The molecule has 0 fully saturated rings. The number of fused-ring (bicyclic) bond motifs is 1. The minimum atomic E-state index is 0.0255. The highest BCUT2D eigenvalue weighted by molar-refractivity contribution is 7.18. The highest BCUT2D eigenvalue weighted by Crippen LogP contribution is 2.21. The molecule has 2 aromatic carbocycles. The lowest BCUT2D eigenvalue weighted by molar-refractivity contribution is -0.122. The number of carbonyl (C=O) groups is 1. The van der Waals surface area contributed by atoms with Crippen molar-refractivity contribution in [1.29, 1.82) is 0 Å². The number of para-hydroxylation sites is 1. The lowest BCUT2D eigenvalue weighted by atomic mass is 10.2. The maximum absolute atomic E-state index is 12.1. The number of nitrogens with zero attached hydrogens (tertiary/aromatic N) is 2. The number of aromatic nitrogens is 1. The van der Waals surface area contributed by atoms with Crippen molar-refractivity contribution in [2.45, 2.75) is 13.0 Å². The average molecular weight is 374 g/mol. The van der Waals surface area contributed by atoms with Gasteiger partial charge in [-0.15, -0.1) is 11.3 Å². The van der Waals surface area contributed by atoms with Crippen molar-refractivity contribution in [3.63, 3.8) is 0 Å². The number of benzene rings is 2. The molecule has 4 nitrogen and oxygen atoms in total. The van der Waals surface area contributed by atoms with Crippen LogP contribution in [-0.2, 0) is 17.8 Å². The zero-order valence-electron chi connectivity index (χ0n) is 14.0. The van der Waals surface area contributed by atoms with Gasteiger partial charge in [-0.2, -0.15) is 0 Å². The molecular weight excluding hydrogens is 354 g/mol. The number of rotatable bonds is 7. The van der Waals surface area contributed by atoms with E-state index in [9.17, 15) is 4.79 Å². The second-order valence-electron chi connectivity index (χ2n) is 5.97. The third kappa shape index (κ3) is 5.26. The summed E-state index contributed by atoms with van der Waals surface area (Å²) in [5.41, 5.74) is 2.16. The van der Waals surface area contributed by atoms with E-state index < -0.39 is 0 Å². The van der Waals surface area contributed by atoms with Crippen LogP contribution in [0.15, 0.2) is 48.5 Å². The van der Waals surface area contributed by atoms with Crippen molar-refractivity contribution in [2.75, 3.05) is 20.1 Å². The Morgan fingerprint density at radius 1 is 1.20 bits per heavy atom. The number of thiazole rings is 1. The van der Waals surface area contributed by atoms with Crippen LogP contribution >= 0.6 is 22.9 Å². The third-order valence-corrected chi connectivity index (χ3v) is 5.13. The van der Waals surface area contributed by atoms with Crippen molar-refractivity contribution in [3.8, 4) is 0 Å². The Kier molecular flexibility index (Phi) is 6.02. The van der Waals surface area contributed by atoms with Gasteiger partial charge in [0.25, 0.3) is 0 Å². The van der Waals surface area contributed by atoms with Gasteiger partial charge in [0.05, 0.1) is 21.8 Å². The van der Waals surface area contributed by atoms with Gasteiger partial charge >= 0.3 is 0 Å². The van der Waals surface area contributed by atoms with Gasteiger partial charge < -0.3 is 5.32 Å². The highest BCUT2D eigenvalue weighted by atomic mass is 35.5. The van der Waals surface area contributed by atoms with E-state index >= 15 is 0 Å². The van der Waals surface area contributed by atoms with Gasteiger partial charge in [-0.25, -0.2) is 4.98 Å². The molecule has 0 spiro atoms. The molecule has 0 aliphatic carbocycles. The quantitative estimate of drug-likeness (QED) is 0.686. The smallest absolute Gasteiger partial charge is 0.234 e. The van der Waals surface area contributed by atoms with Crippen LogP contribution in [0, 0.1) is 0 Å². The maximum atomic E-state index is 12.1. The summed E-state index contributed by atoms with van der Waals surface area (Å²) in [7, 11) is 1.93. The lowest BCUT2D eigenvalue weighted by Crippen LogP contribution is -2.35. The van der Waals surface area contributed by atoms with Crippen LogP contribution < -0.4 is 5.32 Å². The van der Waals surface area contributed by atoms with Crippen LogP contribution in [0.5, 0.6) is 0 Å². The van der Waals surface area contributed by atoms with Crippen LogP contribution in [0.3, 0.4) is 0 Å². The van der Waals surface area contributed by atoms with Crippen LogP contribution in [0.2, 0.25) is 5.02 Å². The first kappa shape index (κ1) is 17.9. The molecule has 1 heterocycles. The summed E-state index contributed by atoms with van der Waals surface area (Å²) in [6, 6.07) is 15.8. The Labute approximate surface area is 156 Å². The monoisotopic (exact) mass is 373 g/mol. The zero-order chi connectivity index (χ0) is 17.6. The van der Waals surface area contributed by atoms with E-state index in [0.29, 0.717) is 19.6 Å². The Balaban J connectivity index is 1.42. The van der Waals surface area contributed by atoms with E-state index in [1.54, 1.807) is 11.3 Å². The van der Waals surface area contributed by atoms with Crippen LogP contribution in [0.4, 0.5) is 0 Å². The van der Waals surface area contributed by atoms with Crippen molar-refractivity contribution in [3.05, 3.63) is 64.1 Å². The van der Waals surface area contributed by atoms with E-state index in [-0.39, 0.29) is 5.91 Å². The van der Waals surface area contributed by atoms with Crippen molar-refractivity contribution >= 4 is 39.1 Å². The summed E-state index contributed by atoms with van der Waals surface area (Å²) in [4.78, 5) is 18.6. The molecule has 0 bridgehead atoms. The summed E-state index contributed by atoms with van der Waals surface area (Å²) in [6.45, 7) is 1.68. The van der Waals surface area contributed by atoms with Gasteiger partial charge in [-0.05, 0) is 36.9 Å². The van der Waals surface area contributed by atoms with Crippen molar-refractivity contribution in [2.24, 2.45) is 0 Å². The summed E-state index contributed by atoms with van der Waals surface area (Å²) in [5.74, 6) is 0.0255. The molecular formula is C19H20ClN3OS. The van der Waals surface area contributed by atoms with E-state index in [0.717, 1.165) is 27.5 Å². The molecule has 1 amide bonds. The van der Waals surface area contributed by atoms with Crippen LogP contribution in [-0.4, -0.2) is 35.9 Å². The molecule has 0 aliphatic rings. The molecule has 0 saturated carbocycles. The second-order valence-corrected chi connectivity index (χ2v) is 7.53. The Hall–Kier alpha value is -1.95. The minimum absolute atomic E-state index is 0.0255. The van der Waals surface area contributed by atoms with Crippen molar-refractivity contribution < 1.29 is 4.79 Å². The number of amides is 1. The van der Waals surface area contributed by atoms with Crippen LogP contribution in [0.1, 0.15) is 10.6 Å². The van der Waals surface area contributed by atoms with E-state index in [2.05, 4.69) is 16.4 Å². The van der Waals surface area contributed by atoms with E-state index in [1.165, 1.54) is 4.70 Å². The SMILES string of the molecule is CN(CC(=O)NCCc1nc2ccccc2s1)Cc1ccc(Cl)cc1. The number of nitrogens with one attached hydrogen (secondary N) is 1. The molecule has 0 atom stereocenters. The molecule has 130 valence electrons. The number of likely N-dealkylation sites (N-methyl/N-ethyl adjacent to an activating group) is 1. The van der Waals surface area contributed by atoms with Gasteiger partial charge in [0.15, 0.2) is 0 Å². The fourth-order valence-corrected chi connectivity index (χ4v) is 3.69. The van der Waals surface area contributed by atoms with Gasteiger partial charge in [-0.3, -0.25) is 9.69 Å². The largest absolute Gasteiger partial charge is 0.355 e.